The molecule has 0 aliphatic heterocycles. The number of aromatic nitrogens is 1. The number of carboxylic acids is 1. The second-order valence-corrected chi connectivity index (χ2v) is 8.07. The minimum absolute atomic E-state index is 0.157. The van der Waals surface area contributed by atoms with Gasteiger partial charge in [-0.3, -0.25) is 4.79 Å². The highest BCUT2D eigenvalue weighted by Gasteiger charge is 2.30. The molecule has 1 heterocycles. The van der Waals surface area contributed by atoms with Crippen LogP contribution in [-0.2, 0) is 25.7 Å². The van der Waals surface area contributed by atoms with Crippen LogP contribution < -0.4 is 10.5 Å². The first-order chi connectivity index (χ1) is 15.5. The molecule has 33 heavy (non-hydrogen) atoms. The zero-order valence-electron chi connectivity index (χ0n) is 18.6. The van der Waals surface area contributed by atoms with Gasteiger partial charge < -0.3 is 14.6 Å². The number of nitrogens with zero attached hydrogens (tertiary/aromatic N) is 2. The molecule has 1 N–H and O–H groups in total. The summed E-state index contributed by atoms with van der Waals surface area (Å²) in [6.45, 7) is 4.22. The van der Waals surface area contributed by atoms with Crippen molar-refractivity contribution in [3.63, 3.8) is 0 Å². The third-order valence-corrected chi connectivity index (χ3v) is 5.62. The Balaban J connectivity index is 1.89. The maximum atomic E-state index is 13.1. The fourth-order valence-corrected chi connectivity index (χ4v) is 3.76. The van der Waals surface area contributed by atoms with E-state index in [0.717, 1.165) is 23.3 Å². The molecule has 0 fully saturated rings. The van der Waals surface area contributed by atoms with Gasteiger partial charge in [-0.25, -0.2) is 4.79 Å². The van der Waals surface area contributed by atoms with Crippen LogP contribution in [0.4, 0.5) is 18.9 Å². The number of halogens is 3. The van der Waals surface area contributed by atoms with Crippen molar-refractivity contribution >= 4 is 11.7 Å². The Morgan fingerprint density at radius 1 is 1.03 bits per heavy atom. The standard InChI is InChI=1S/C25H25F3N2O3/c1-16-13-17(2)23(31)30(12-11-18-7-9-19(10-8-18)24(32)33)22(16)15-29(3)21-6-4-5-20(14-21)25(26,27)28/h4-10,13-14H,11-12,15H2,1-3H3,(H,32,33). The van der Waals surface area contributed by atoms with Gasteiger partial charge in [-0.2, -0.15) is 13.2 Å². The summed E-state index contributed by atoms with van der Waals surface area (Å²) in [4.78, 5) is 25.7. The van der Waals surface area contributed by atoms with E-state index in [1.807, 2.05) is 6.92 Å². The van der Waals surface area contributed by atoms with Crippen molar-refractivity contribution in [3.8, 4) is 0 Å². The summed E-state index contributed by atoms with van der Waals surface area (Å²) in [5.41, 5.74) is 2.74. The monoisotopic (exact) mass is 458 g/mol. The lowest BCUT2D eigenvalue weighted by molar-refractivity contribution is -0.137. The lowest BCUT2D eigenvalue weighted by atomic mass is 10.1. The van der Waals surface area contributed by atoms with Crippen molar-refractivity contribution in [2.75, 3.05) is 11.9 Å². The van der Waals surface area contributed by atoms with Crippen LogP contribution >= 0.6 is 0 Å². The summed E-state index contributed by atoms with van der Waals surface area (Å²) >= 11 is 0. The van der Waals surface area contributed by atoms with Gasteiger partial charge in [0, 0.05) is 30.5 Å². The summed E-state index contributed by atoms with van der Waals surface area (Å²) in [6.07, 6.45) is -3.93. The quantitative estimate of drug-likeness (QED) is 0.538. The van der Waals surface area contributed by atoms with Crippen LogP contribution in [0.2, 0.25) is 0 Å². The van der Waals surface area contributed by atoms with Gasteiger partial charge in [0.1, 0.15) is 0 Å². The summed E-state index contributed by atoms with van der Waals surface area (Å²) in [7, 11) is 1.69. The molecule has 0 unspecified atom stereocenters. The van der Waals surface area contributed by atoms with Crippen molar-refractivity contribution in [1.82, 2.24) is 4.57 Å². The molecule has 0 bridgehead atoms. The molecular weight excluding hydrogens is 433 g/mol. The first-order valence-electron chi connectivity index (χ1n) is 10.4. The molecule has 0 saturated carbocycles. The van der Waals surface area contributed by atoms with Crippen molar-refractivity contribution in [1.29, 1.82) is 0 Å². The largest absolute Gasteiger partial charge is 0.478 e. The minimum Gasteiger partial charge on any atom is -0.478 e. The van der Waals surface area contributed by atoms with E-state index in [1.54, 1.807) is 47.7 Å². The second-order valence-electron chi connectivity index (χ2n) is 8.07. The summed E-state index contributed by atoms with van der Waals surface area (Å²) in [5.74, 6) is -1.01. The van der Waals surface area contributed by atoms with Gasteiger partial charge in [-0.15, -0.1) is 0 Å². The molecule has 0 spiro atoms. The number of aromatic carboxylic acids is 1. The Morgan fingerprint density at radius 3 is 2.30 bits per heavy atom. The first kappa shape index (κ1) is 24.1. The summed E-state index contributed by atoms with van der Waals surface area (Å²) in [5, 5.41) is 9.04. The number of carboxylic acid groups (broad SMARTS) is 1. The number of pyridine rings is 1. The molecule has 174 valence electrons. The molecule has 8 heteroatoms. The van der Waals surface area contributed by atoms with Crippen LogP contribution in [0.1, 0.15) is 38.3 Å². The van der Waals surface area contributed by atoms with Crippen LogP contribution in [0.5, 0.6) is 0 Å². The van der Waals surface area contributed by atoms with E-state index in [4.69, 9.17) is 5.11 Å². The van der Waals surface area contributed by atoms with E-state index < -0.39 is 17.7 Å². The van der Waals surface area contributed by atoms with Crippen molar-refractivity contribution in [2.45, 2.75) is 39.5 Å². The molecule has 2 aromatic carbocycles. The number of aryl methyl sites for hydroxylation is 3. The predicted molar refractivity (Wildman–Crippen MR) is 121 cm³/mol. The van der Waals surface area contributed by atoms with E-state index in [1.165, 1.54) is 18.2 Å². The molecule has 0 atom stereocenters. The number of carbonyl (C=O) groups is 1. The third kappa shape index (κ3) is 5.63. The topological polar surface area (TPSA) is 62.5 Å². The van der Waals surface area contributed by atoms with Gasteiger partial charge in [-0.05, 0) is 67.8 Å². The Morgan fingerprint density at radius 2 is 1.70 bits per heavy atom. The lowest BCUT2D eigenvalue weighted by Crippen LogP contribution is -2.31. The van der Waals surface area contributed by atoms with Gasteiger partial charge >= 0.3 is 12.1 Å². The third-order valence-electron chi connectivity index (χ3n) is 5.62. The van der Waals surface area contributed by atoms with Crippen LogP contribution in [0.25, 0.3) is 0 Å². The average molecular weight is 458 g/mol. The van der Waals surface area contributed by atoms with Gasteiger partial charge in [0.15, 0.2) is 0 Å². The maximum absolute atomic E-state index is 13.1. The first-order valence-corrected chi connectivity index (χ1v) is 10.4. The van der Waals surface area contributed by atoms with Crippen molar-refractivity contribution in [2.24, 2.45) is 0 Å². The minimum atomic E-state index is -4.44. The molecule has 0 amide bonds. The SMILES string of the molecule is Cc1cc(C)c(=O)n(CCc2ccc(C(=O)O)cc2)c1CN(C)c1cccc(C(F)(F)F)c1. The van der Waals surface area contributed by atoms with Crippen LogP contribution in [0.3, 0.4) is 0 Å². The van der Waals surface area contributed by atoms with Crippen LogP contribution in [-0.4, -0.2) is 22.7 Å². The normalized spacial score (nSPS) is 11.5. The lowest BCUT2D eigenvalue weighted by Gasteiger charge is -2.24. The number of anilines is 1. The fraction of sp³-hybridized carbons (Fsp3) is 0.280. The van der Waals surface area contributed by atoms with Gasteiger partial charge in [-0.1, -0.05) is 18.2 Å². The summed E-state index contributed by atoms with van der Waals surface area (Å²) < 4.78 is 41.0. The number of rotatable bonds is 7. The average Bonchev–Trinajstić information content (AvgIpc) is 2.76. The predicted octanol–water partition coefficient (Wildman–Crippen LogP) is 5.06. The second kappa shape index (κ2) is 9.52. The highest BCUT2D eigenvalue weighted by atomic mass is 19.4. The van der Waals surface area contributed by atoms with Gasteiger partial charge in [0.2, 0.25) is 0 Å². The van der Waals surface area contributed by atoms with E-state index in [0.29, 0.717) is 29.9 Å². The molecule has 0 saturated heterocycles. The molecule has 0 radical (unpaired) electrons. The molecule has 3 aromatic rings. The van der Waals surface area contributed by atoms with Crippen molar-refractivity contribution in [3.05, 3.63) is 98.5 Å². The molecule has 1 aromatic heterocycles. The maximum Gasteiger partial charge on any atom is 0.416 e. The Hall–Kier alpha value is -3.55. The van der Waals surface area contributed by atoms with E-state index in [-0.39, 0.29) is 17.7 Å². The fourth-order valence-electron chi connectivity index (χ4n) is 3.76. The van der Waals surface area contributed by atoms with Crippen molar-refractivity contribution < 1.29 is 23.1 Å². The highest BCUT2D eigenvalue weighted by Crippen LogP contribution is 2.31. The number of alkyl halides is 3. The zero-order chi connectivity index (χ0) is 24.3. The van der Waals surface area contributed by atoms with E-state index >= 15 is 0 Å². The Bertz CT molecular complexity index is 1220. The van der Waals surface area contributed by atoms with Crippen LogP contribution in [0.15, 0.2) is 59.4 Å². The molecular formula is C25H25F3N2O3. The van der Waals surface area contributed by atoms with E-state index in [2.05, 4.69) is 0 Å². The number of hydrogen-bond donors (Lipinski definition) is 1. The summed E-state index contributed by atoms with van der Waals surface area (Å²) in [6, 6.07) is 13.3. The van der Waals surface area contributed by atoms with Crippen LogP contribution in [0, 0.1) is 13.8 Å². The smallest absolute Gasteiger partial charge is 0.416 e. The van der Waals surface area contributed by atoms with Gasteiger partial charge in [0.25, 0.3) is 5.56 Å². The Labute approximate surface area is 189 Å². The molecule has 0 aliphatic carbocycles. The molecule has 0 aliphatic rings. The van der Waals surface area contributed by atoms with E-state index in [9.17, 15) is 22.8 Å². The number of hydrogen-bond acceptors (Lipinski definition) is 3. The molecule has 5 nitrogen and oxygen atoms in total. The Kier molecular flexibility index (Phi) is 6.95. The molecule has 3 rings (SSSR count). The zero-order valence-corrected chi connectivity index (χ0v) is 18.6. The van der Waals surface area contributed by atoms with Gasteiger partial charge in [0.05, 0.1) is 17.7 Å². The highest BCUT2D eigenvalue weighted by molar-refractivity contribution is 5.87. The number of benzene rings is 2.